The number of thiazole rings is 1. The van der Waals surface area contributed by atoms with Gasteiger partial charge < -0.3 is 9.64 Å². The van der Waals surface area contributed by atoms with Gasteiger partial charge in [0.2, 0.25) is 0 Å². The number of benzene rings is 1. The van der Waals surface area contributed by atoms with Gasteiger partial charge in [0, 0.05) is 32.2 Å². The number of nitrogens with zero attached hydrogens (tertiary/aromatic N) is 3. The fourth-order valence-electron chi connectivity index (χ4n) is 3.69. The molecule has 3 aromatic rings. The molecule has 0 saturated carbocycles. The number of hydrogen-bond donors (Lipinski definition) is 0. The smallest absolute Gasteiger partial charge is 0.266 e. The lowest BCUT2D eigenvalue weighted by Crippen LogP contribution is -2.47. The van der Waals surface area contributed by atoms with Gasteiger partial charge in [0.05, 0.1) is 23.8 Å². The summed E-state index contributed by atoms with van der Waals surface area (Å²) in [6, 6.07) is 14.4. The van der Waals surface area contributed by atoms with Gasteiger partial charge in [-0.1, -0.05) is 36.4 Å². The first-order chi connectivity index (χ1) is 14.6. The van der Waals surface area contributed by atoms with Crippen LogP contribution in [-0.4, -0.2) is 59.6 Å². The fourth-order valence-corrected chi connectivity index (χ4v) is 5.51. The molecule has 0 bridgehead atoms. The average Bonchev–Trinajstić information content (AvgIpc) is 3.43. The highest BCUT2D eigenvalue weighted by molar-refractivity contribution is 7.22. The minimum atomic E-state index is 0.0671. The van der Waals surface area contributed by atoms with Crippen molar-refractivity contribution in [3.63, 3.8) is 0 Å². The zero-order chi connectivity index (χ0) is 20.9. The van der Waals surface area contributed by atoms with Gasteiger partial charge in [0.15, 0.2) is 0 Å². The Kier molecular flexibility index (Phi) is 6.94. The number of amides is 1. The van der Waals surface area contributed by atoms with Crippen molar-refractivity contribution in [1.29, 1.82) is 0 Å². The molecule has 1 fully saturated rings. The van der Waals surface area contributed by atoms with Crippen LogP contribution in [-0.2, 0) is 11.3 Å². The van der Waals surface area contributed by atoms with Crippen molar-refractivity contribution in [1.82, 2.24) is 14.8 Å². The Labute approximate surface area is 185 Å². The molecule has 0 N–H and O–H groups in total. The van der Waals surface area contributed by atoms with Crippen LogP contribution in [0.3, 0.4) is 0 Å². The van der Waals surface area contributed by atoms with Crippen molar-refractivity contribution in [3.05, 3.63) is 64.0 Å². The summed E-state index contributed by atoms with van der Waals surface area (Å²) in [6.45, 7) is 8.88. The van der Waals surface area contributed by atoms with Crippen molar-refractivity contribution in [2.24, 2.45) is 0 Å². The molecule has 7 heteroatoms. The van der Waals surface area contributed by atoms with Crippen LogP contribution in [0.5, 0.6) is 0 Å². The molecule has 1 atom stereocenters. The summed E-state index contributed by atoms with van der Waals surface area (Å²) in [5, 5.41) is 2.96. The van der Waals surface area contributed by atoms with Crippen LogP contribution in [0.15, 0.2) is 47.8 Å². The van der Waals surface area contributed by atoms with E-state index in [-0.39, 0.29) is 11.9 Å². The lowest BCUT2D eigenvalue weighted by Gasteiger charge is -2.35. The first kappa shape index (κ1) is 21.2. The van der Waals surface area contributed by atoms with Crippen molar-refractivity contribution < 1.29 is 9.53 Å². The third-order valence-electron chi connectivity index (χ3n) is 5.34. The number of aryl methyl sites for hydroxylation is 1. The zero-order valence-corrected chi connectivity index (χ0v) is 19.0. The summed E-state index contributed by atoms with van der Waals surface area (Å²) in [6.07, 6.45) is 0. The summed E-state index contributed by atoms with van der Waals surface area (Å²) in [4.78, 5) is 24.6. The predicted octanol–water partition coefficient (Wildman–Crippen LogP) is 4.54. The lowest BCUT2D eigenvalue weighted by molar-refractivity contribution is 0.0229. The summed E-state index contributed by atoms with van der Waals surface area (Å²) < 4.78 is 5.48. The van der Waals surface area contributed by atoms with E-state index < -0.39 is 0 Å². The molecule has 1 unspecified atom stereocenters. The Balaban J connectivity index is 1.58. The summed E-state index contributed by atoms with van der Waals surface area (Å²) in [7, 11) is 0. The van der Waals surface area contributed by atoms with Gasteiger partial charge in [-0.15, -0.1) is 22.7 Å². The molecule has 30 heavy (non-hydrogen) atoms. The molecule has 0 spiro atoms. The Morgan fingerprint density at radius 1 is 1.20 bits per heavy atom. The summed E-state index contributed by atoms with van der Waals surface area (Å²) in [5.41, 5.74) is 1.95. The predicted molar refractivity (Wildman–Crippen MR) is 123 cm³/mol. The minimum absolute atomic E-state index is 0.0671. The Hall–Kier alpha value is -2.06. The van der Waals surface area contributed by atoms with Crippen LogP contribution in [0.25, 0.3) is 9.88 Å². The van der Waals surface area contributed by atoms with Crippen LogP contribution < -0.4 is 0 Å². The van der Waals surface area contributed by atoms with E-state index in [0.29, 0.717) is 6.54 Å². The molecule has 158 valence electrons. The van der Waals surface area contributed by atoms with E-state index in [1.165, 1.54) is 11.3 Å². The number of thiophene rings is 1. The lowest BCUT2D eigenvalue weighted by atomic mass is 10.1. The Morgan fingerprint density at radius 3 is 2.67 bits per heavy atom. The standard InChI is InChI=1S/C23H27N3O2S2/c1-17(15-25-10-12-28-13-11-25)26(16-19-7-4-3-5-8-19)23(27)21-18(2)24-22(30-21)20-9-6-14-29-20/h3-9,14,17H,10-13,15-16H2,1-2H3. The maximum absolute atomic E-state index is 13.7. The van der Waals surface area contributed by atoms with Crippen LogP contribution >= 0.6 is 22.7 Å². The van der Waals surface area contributed by atoms with Crippen LogP contribution in [0, 0.1) is 6.92 Å². The fraction of sp³-hybridized carbons (Fsp3) is 0.391. The zero-order valence-electron chi connectivity index (χ0n) is 17.4. The second-order valence-corrected chi connectivity index (χ2v) is 9.54. The second kappa shape index (κ2) is 9.83. The summed E-state index contributed by atoms with van der Waals surface area (Å²) >= 11 is 3.16. The number of carbonyl (C=O) groups excluding carboxylic acids is 1. The molecule has 5 nitrogen and oxygen atoms in total. The first-order valence-electron chi connectivity index (χ1n) is 10.3. The number of ether oxygens (including phenoxy) is 1. The van der Waals surface area contributed by atoms with Gasteiger partial charge >= 0.3 is 0 Å². The highest BCUT2D eigenvalue weighted by Crippen LogP contribution is 2.32. The second-order valence-electron chi connectivity index (χ2n) is 7.59. The van der Waals surface area contributed by atoms with Crippen LogP contribution in [0.2, 0.25) is 0 Å². The maximum Gasteiger partial charge on any atom is 0.266 e. The van der Waals surface area contributed by atoms with Gasteiger partial charge in [0.25, 0.3) is 5.91 Å². The topological polar surface area (TPSA) is 45.7 Å². The molecule has 1 amide bonds. The highest BCUT2D eigenvalue weighted by Gasteiger charge is 2.27. The van der Waals surface area contributed by atoms with Crippen LogP contribution in [0.1, 0.15) is 27.9 Å². The van der Waals surface area contributed by atoms with Gasteiger partial charge in [-0.2, -0.15) is 0 Å². The normalized spacial score (nSPS) is 15.8. The highest BCUT2D eigenvalue weighted by atomic mass is 32.1. The largest absolute Gasteiger partial charge is 0.379 e. The molecule has 2 aromatic heterocycles. The van der Waals surface area contributed by atoms with E-state index in [1.807, 2.05) is 41.5 Å². The monoisotopic (exact) mass is 441 g/mol. The van der Waals surface area contributed by atoms with Crippen molar-refractivity contribution in [2.45, 2.75) is 26.4 Å². The SMILES string of the molecule is Cc1nc(-c2cccs2)sc1C(=O)N(Cc1ccccc1)C(C)CN1CCOCC1. The van der Waals surface area contributed by atoms with Gasteiger partial charge in [0.1, 0.15) is 9.88 Å². The first-order valence-corrected chi connectivity index (χ1v) is 12.0. The molecule has 1 aliphatic rings. The Bertz CT molecular complexity index is 950. The Morgan fingerprint density at radius 2 is 1.97 bits per heavy atom. The van der Waals surface area contributed by atoms with Gasteiger partial charge in [-0.05, 0) is 30.9 Å². The number of carbonyl (C=O) groups is 1. The quantitative estimate of drug-likeness (QED) is 0.540. The van der Waals surface area contributed by atoms with E-state index in [0.717, 1.165) is 58.9 Å². The minimum Gasteiger partial charge on any atom is -0.379 e. The molecular weight excluding hydrogens is 414 g/mol. The average molecular weight is 442 g/mol. The molecule has 4 rings (SSSR count). The number of aromatic nitrogens is 1. The molecule has 1 saturated heterocycles. The molecule has 0 aliphatic carbocycles. The molecule has 3 heterocycles. The molecule has 1 aliphatic heterocycles. The number of morpholine rings is 1. The number of rotatable bonds is 7. The van der Waals surface area contributed by atoms with E-state index in [9.17, 15) is 4.79 Å². The molecular formula is C23H27N3O2S2. The molecule has 1 aromatic carbocycles. The van der Waals surface area contributed by atoms with Gasteiger partial charge in [-0.25, -0.2) is 4.98 Å². The van der Waals surface area contributed by atoms with E-state index in [2.05, 4.69) is 30.0 Å². The van der Waals surface area contributed by atoms with Crippen molar-refractivity contribution in [2.75, 3.05) is 32.8 Å². The van der Waals surface area contributed by atoms with E-state index >= 15 is 0 Å². The molecule has 0 radical (unpaired) electrons. The van der Waals surface area contributed by atoms with Gasteiger partial charge in [-0.3, -0.25) is 9.69 Å². The van der Waals surface area contributed by atoms with Crippen molar-refractivity contribution >= 4 is 28.6 Å². The maximum atomic E-state index is 13.7. The van der Waals surface area contributed by atoms with Crippen molar-refractivity contribution in [3.8, 4) is 9.88 Å². The van der Waals surface area contributed by atoms with E-state index in [1.54, 1.807) is 11.3 Å². The van der Waals surface area contributed by atoms with Crippen LogP contribution in [0.4, 0.5) is 0 Å². The third kappa shape index (κ3) is 4.98. The van der Waals surface area contributed by atoms with E-state index in [4.69, 9.17) is 9.72 Å². The summed E-state index contributed by atoms with van der Waals surface area (Å²) in [5.74, 6) is 0.0671. The third-order valence-corrected chi connectivity index (χ3v) is 7.52. The number of hydrogen-bond acceptors (Lipinski definition) is 6.